The number of aryl methyl sites for hydroxylation is 2. The average Bonchev–Trinajstić information content (AvgIpc) is 2.36. The number of nitrogens with two attached hydrogens (primary N) is 1. The molecule has 0 saturated carbocycles. The summed E-state index contributed by atoms with van der Waals surface area (Å²) in [6.45, 7) is 2.01. The molecule has 0 aliphatic rings. The van der Waals surface area contributed by atoms with Gasteiger partial charge in [0, 0.05) is 12.7 Å². The lowest BCUT2D eigenvalue weighted by molar-refractivity contribution is 0.795. The number of nitrogen functional groups attached to an aromatic ring is 1. The van der Waals surface area contributed by atoms with Gasteiger partial charge in [-0.3, -0.25) is 4.68 Å². The second kappa shape index (κ2) is 2.64. The first-order valence-corrected chi connectivity index (χ1v) is 4.36. The molecule has 4 heteroatoms. The maximum atomic E-state index is 5.94. The van der Waals surface area contributed by atoms with Crippen molar-refractivity contribution in [1.29, 1.82) is 0 Å². The zero-order valence-electron chi connectivity index (χ0n) is 7.50. The van der Waals surface area contributed by atoms with Gasteiger partial charge in [0.1, 0.15) is 0 Å². The summed E-state index contributed by atoms with van der Waals surface area (Å²) in [5.41, 5.74) is 8.62. The fraction of sp³-hybridized carbons (Fsp3) is 0.222. The third kappa shape index (κ3) is 1.08. The van der Waals surface area contributed by atoms with Crippen molar-refractivity contribution in [3.8, 4) is 0 Å². The van der Waals surface area contributed by atoms with Crippen LogP contribution >= 0.6 is 11.6 Å². The van der Waals surface area contributed by atoms with Gasteiger partial charge in [0.25, 0.3) is 0 Å². The van der Waals surface area contributed by atoms with Crippen LogP contribution in [0.1, 0.15) is 5.56 Å². The van der Waals surface area contributed by atoms with Gasteiger partial charge in [-0.2, -0.15) is 5.10 Å². The molecule has 1 heterocycles. The van der Waals surface area contributed by atoms with Crippen molar-refractivity contribution in [1.82, 2.24) is 9.78 Å². The summed E-state index contributed by atoms with van der Waals surface area (Å²) in [7, 11) is 1.86. The maximum absolute atomic E-state index is 5.94. The van der Waals surface area contributed by atoms with Crippen LogP contribution in [0.5, 0.6) is 0 Å². The third-order valence-corrected chi connectivity index (χ3v) is 2.44. The second-order valence-corrected chi connectivity index (χ2v) is 3.47. The van der Waals surface area contributed by atoms with Gasteiger partial charge >= 0.3 is 0 Å². The molecule has 0 amide bonds. The highest BCUT2D eigenvalue weighted by Gasteiger charge is 2.10. The van der Waals surface area contributed by atoms with Gasteiger partial charge in [-0.25, -0.2) is 0 Å². The summed E-state index contributed by atoms with van der Waals surface area (Å²) in [6, 6.07) is 3.82. The molecular formula is C9H10ClN3. The van der Waals surface area contributed by atoms with Gasteiger partial charge in [0.2, 0.25) is 0 Å². The first-order valence-electron chi connectivity index (χ1n) is 3.98. The molecule has 2 rings (SSSR count). The number of benzene rings is 1. The predicted octanol–water partition coefficient (Wildman–Crippen LogP) is 2.12. The molecule has 0 aliphatic heterocycles. The van der Waals surface area contributed by atoms with Crippen LogP contribution in [-0.2, 0) is 7.05 Å². The third-order valence-electron chi connectivity index (χ3n) is 2.18. The lowest BCUT2D eigenvalue weighted by Gasteiger charge is -2.00. The molecule has 0 unspecified atom stereocenters. The van der Waals surface area contributed by atoms with Crippen LogP contribution < -0.4 is 5.73 Å². The Morgan fingerprint density at radius 2 is 2.15 bits per heavy atom. The summed E-state index contributed by atoms with van der Waals surface area (Å²) in [5.74, 6) is 0. The van der Waals surface area contributed by atoms with E-state index in [2.05, 4.69) is 5.10 Å². The highest BCUT2D eigenvalue weighted by atomic mass is 35.5. The smallest absolute Gasteiger partial charge is 0.161 e. The van der Waals surface area contributed by atoms with Crippen LogP contribution in [0, 0.1) is 6.92 Å². The molecule has 0 bridgehead atoms. The minimum Gasteiger partial charge on any atom is -0.398 e. The Morgan fingerprint density at radius 3 is 2.77 bits per heavy atom. The van der Waals surface area contributed by atoms with E-state index < -0.39 is 0 Å². The molecule has 0 atom stereocenters. The van der Waals surface area contributed by atoms with Crippen LogP contribution in [0.2, 0.25) is 5.15 Å². The summed E-state index contributed by atoms with van der Waals surface area (Å²) in [5, 5.41) is 5.44. The highest BCUT2D eigenvalue weighted by Crippen LogP contribution is 2.29. The minimum absolute atomic E-state index is 0.471. The minimum atomic E-state index is 0.471. The van der Waals surface area contributed by atoms with E-state index in [0.29, 0.717) is 10.8 Å². The van der Waals surface area contributed by atoms with Crippen molar-refractivity contribution in [2.24, 2.45) is 7.05 Å². The fourth-order valence-corrected chi connectivity index (χ4v) is 1.89. The Morgan fingerprint density at radius 1 is 1.46 bits per heavy atom. The largest absolute Gasteiger partial charge is 0.398 e. The number of aromatic nitrogens is 2. The molecule has 0 fully saturated rings. The van der Waals surface area contributed by atoms with E-state index in [-0.39, 0.29) is 0 Å². The Hall–Kier alpha value is -1.22. The Balaban J connectivity index is 3.03. The molecule has 2 N–H and O–H groups in total. The van der Waals surface area contributed by atoms with Gasteiger partial charge in [0.05, 0.1) is 10.9 Å². The van der Waals surface area contributed by atoms with Crippen LogP contribution in [0.25, 0.3) is 10.9 Å². The topological polar surface area (TPSA) is 43.8 Å². The maximum Gasteiger partial charge on any atom is 0.161 e. The number of nitrogens with zero attached hydrogens (tertiary/aromatic N) is 2. The van der Waals surface area contributed by atoms with E-state index in [1.54, 1.807) is 4.68 Å². The molecule has 0 radical (unpaired) electrons. The normalized spacial score (nSPS) is 11.0. The summed E-state index contributed by atoms with van der Waals surface area (Å²) >= 11 is 5.94. The standard InChI is InChI=1S/C9H10ClN3/c1-5-3-4-6(11)7-8(5)13(2)12-9(7)10/h3-4H,11H2,1-2H3. The van der Waals surface area contributed by atoms with Crippen molar-refractivity contribution < 1.29 is 0 Å². The first-order chi connectivity index (χ1) is 6.11. The second-order valence-electron chi connectivity index (χ2n) is 3.11. The molecular weight excluding hydrogens is 186 g/mol. The zero-order chi connectivity index (χ0) is 9.59. The number of hydrogen-bond donors (Lipinski definition) is 1. The Labute approximate surface area is 81.1 Å². The van der Waals surface area contributed by atoms with Crippen LogP contribution in [0.3, 0.4) is 0 Å². The first kappa shape index (κ1) is 8.38. The Bertz CT molecular complexity index is 431. The SMILES string of the molecule is Cc1ccc(N)c2c(Cl)nn(C)c12. The molecule has 13 heavy (non-hydrogen) atoms. The fourth-order valence-electron chi connectivity index (χ4n) is 1.58. The van der Waals surface area contributed by atoms with E-state index in [0.717, 1.165) is 16.5 Å². The molecule has 0 aliphatic carbocycles. The van der Waals surface area contributed by atoms with Crippen molar-refractivity contribution in [3.05, 3.63) is 22.8 Å². The van der Waals surface area contributed by atoms with E-state index in [1.165, 1.54) is 0 Å². The molecule has 1 aromatic heterocycles. The quantitative estimate of drug-likeness (QED) is 0.655. The van der Waals surface area contributed by atoms with Gasteiger partial charge in [-0.05, 0) is 18.6 Å². The molecule has 68 valence electrons. The average molecular weight is 196 g/mol. The molecule has 1 aromatic carbocycles. The summed E-state index contributed by atoms with van der Waals surface area (Å²) in [6.07, 6.45) is 0. The number of halogens is 1. The van der Waals surface area contributed by atoms with Gasteiger partial charge in [0.15, 0.2) is 5.15 Å². The van der Waals surface area contributed by atoms with E-state index in [4.69, 9.17) is 17.3 Å². The van der Waals surface area contributed by atoms with Crippen molar-refractivity contribution in [2.75, 3.05) is 5.73 Å². The van der Waals surface area contributed by atoms with Crippen molar-refractivity contribution in [3.63, 3.8) is 0 Å². The molecule has 3 nitrogen and oxygen atoms in total. The molecule has 0 saturated heterocycles. The van der Waals surface area contributed by atoms with Crippen LogP contribution in [0.4, 0.5) is 5.69 Å². The van der Waals surface area contributed by atoms with E-state index >= 15 is 0 Å². The highest BCUT2D eigenvalue weighted by molar-refractivity contribution is 6.35. The van der Waals surface area contributed by atoms with Crippen LogP contribution in [-0.4, -0.2) is 9.78 Å². The number of anilines is 1. The number of hydrogen-bond acceptors (Lipinski definition) is 2. The zero-order valence-corrected chi connectivity index (χ0v) is 8.26. The number of rotatable bonds is 0. The van der Waals surface area contributed by atoms with Gasteiger partial charge in [-0.1, -0.05) is 17.7 Å². The summed E-state index contributed by atoms with van der Waals surface area (Å²) in [4.78, 5) is 0. The van der Waals surface area contributed by atoms with Gasteiger partial charge < -0.3 is 5.73 Å². The van der Waals surface area contributed by atoms with Crippen molar-refractivity contribution in [2.45, 2.75) is 6.92 Å². The molecule has 2 aromatic rings. The molecule has 0 spiro atoms. The van der Waals surface area contributed by atoms with Crippen LogP contribution in [0.15, 0.2) is 12.1 Å². The van der Waals surface area contributed by atoms with E-state index in [9.17, 15) is 0 Å². The monoisotopic (exact) mass is 195 g/mol. The van der Waals surface area contributed by atoms with E-state index in [1.807, 2.05) is 26.1 Å². The Kier molecular flexibility index (Phi) is 1.70. The lowest BCUT2D eigenvalue weighted by Crippen LogP contribution is -1.92. The van der Waals surface area contributed by atoms with Gasteiger partial charge in [-0.15, -0.1) is 0 Å². The predicted molar refractivity (Wildman–Crippen MR) is 54.9 cm³/mol. The van der Waals surface area contributed by atoms with Crippen molar-refractivity contribution >= 4 is 28.2 Å². The number of fused-ring (bicyclic) bond motifs is 1. The lowest BCUT2D eigenvalue weighted by atomic mass is 10.1. The summed E-state index contributed by atoms with van der Waals surface area (Å²) < 4.78 is 1.75.